The lowest BCUT2D eigenvalue weighted by Crippen LogP contribution is -2.50. The Labute approximate surface area is 80.5 Å². The maximum absolute atomic E-state index is 10.9. The summed E-state index contributed by atoms with van der Waals surface area (Å²) in [7, 11) is 0. The Morgan fingerprint density at radius 1 is 1.38 bits per heavy atom. The Morgan fingerprint density at radius 2 is 1.92 bits per heavy atom. The normalized spacial score (nSPS) is 19.0. The van der Waals surface area contributed by atoms with Crippen LogP contribution in [0.4, 0.5) is 0 Å². The molecule has 13 heavy (non-hydrogen) atoms. The van der Waals surface area contributed by atoms with Gasteiger partial charge in [-0.15, -0.1) is 0 Å². The standard InChI is InChI=1S/C10H20N2O/c1-9(13)11-10(2,3)8-12-6-4-5-7-12/h4-8H2,1-3H3,(H,11,13). The molecule has 0 unspecified atom stereocenters. The van der Waals surface area contributed by atoms with E-state index >= 15 is 0 Å². The quantitative estimate of drug-likeness (QED) is 0.709. The van der Waals surface area contributed by atoms with Crippen molar-refractivity contribution in [2.75, 3.05) is 19.6 Å². The molecular formula is C10H20N2O. The van der Waals surface area contributed by atoms with Crippen LogP contribution >= 0.6 is 0 Å². The Hall–Kier alpha value is -0.570. The monoisotopic (exact) mass is 184 g/mol. The van der Waals surface area contributed by atoms with Crippen molar-refractivity contribution in [1.82, 2.24) is 10.2 Å². The highest BCUT2D eigenvalue weighted by molar-refractivity contribution is 5.73. The van der Waals surface area contributed by atoms with Gasteiger partial charge in [-0.2, -0.15) is 0 Å². The van der Waals surface area contributed by atoms with Crippen LogP contribution in [0, 0.1) is 0 Å². The predicted molar refractivity (Wildman–Crippen MR) is 53.6 cm³/mol. The molecule has 3 nitrogen and oxygen atoms in total. The third kappa shape index (κ3) is 3.77. The molecule has 0 aromatic carbocycles. The summed E-state index contributed by atoms with van der Waals surface area (Å²) in [5, 5.41) is 2.97. The van der Waals surface area contributed by atoms with Gasteiger partial charge >= 0.3 is 0 Å². The van der Waals surface area contributed by atoms with Crippen molar-refractivity contribution in [3.63, 3.8) is 0 Å². The average molecular weight is 184 g/mol. The van der Waals surface area contributed by atoms with E-state index in [4.69, 9.17) is 0 Å². The molecule has 76 valence electrons. The molecule has 1 N–H and O–H groups in total. The summed E-state index contributed by atoms with van der Waals surface area (Å²) >= 11 is 0. The minimum Gasteiger partial charge on any atom is -0.350 e. The summed E-state index contributed by atoms with van der Waals surface area (Å²) in [5.41, 5.74) is -0.0871. The first-order valence-electron chi connectivity index (χ1n) is 5.01. The van der Waals surface area contributed by atoms with Gasteiger partial charge in [0.15, 0.2) is 0 Å². The fourth-order valence-electron chi connectivity index (χ4n) is 2.02. The fourth-order valence-corrected chi connectivity index (χ4v) is 2.02. The Balaban J connectivity index is 2.35. The minimum absolute atomic E-state index is 0.0594. The molecule has 0 spiro atoms. The number of hydrogen-bond acceptors (Lipinski definition) is 2. The van der Waals surface area contributed by atoms with Crippen LogP contribution in [0.5, 0.6) is 0 Å². The molecule has 0 aliphatic carbocycles. The van der Waals surface area contributed by atoms with E-state index in [1.165, 1.54) is 25.9 Å². The van der Waals surface area contributed by atoms with E-state index in [9.17, 15) is 4.79 Å². The van der Waals surface area contributed by atoms with Gasteiger partial charge in [-0.25, -0.2) is 0 Å². The van der Waals surface area contributed by atoms with Crippen LogP contribution in [0.25, 0.3) is 0 Å². The van der Waals surface area contributed by atoms with Gasteiger partial charge in [0.2, 0.25) is 5.91 Å². The molecule has 0 aromatic heterocycles. The Bertz CT molecular complexity index is 183. The molecule has 1 aliphatic rings. The highest BCUT2D eigenvalue weighted by atomic mass is 16.1. The highest BCUT2D eigenvalue weighted by Crippen LogP contribution is 2.12. The van der Waals surface area contributed by atoms with Crippen molar-refractivity contribution in [3.05, 3.63) is 0 Å². The zero-order chi connectivity index (χ0) is 9.90. The lowest BCUT2D eigenvalue weighted by molar-refractivity contribution is -0.120. The molecule has 1 rings (SSSR count). The van der Waals surface area contributed by atoms with Crippen molar-refractivity contribution in [2.45, 2.75) is 39.2 Å². The SMILES string of the molecule is CC(=O)NC(C)(C)CN1CCCC1. The molecule has 1 fully saturated rings. The molecule has 1 aliphatic heterocycles. The van der Waals surface area contributed by atoms with E-state index < -0.39 is 0 Å². The first-order valence-corrected chi connectivity index (χ1v) is 5.01. The van der Waals surface area contributed by atoms with Crippen LogP contribution in [0.15, 0.2) is 0 Å². The topological polar surface area (TPSA) is 32.3 Å². The van der Waals surface area contributed by atoms with Crippen LogP contribution in [0.3, 0.4) is 0 Å². The van der Waals surface area contributed by atoms with Gasteiger partial charge in [-0.3, -0.25) is 4.79 Å². The van der Waals surface area contributed by atoms with Crippen LogP contribution in [0.1, 0.15) is 33.6 Å². The molecule has 3 heteroatoms. The lowest BCUT2D eigenvalue weighted by atomic mass is 10.1. The second-order valence-electron chi connectivity index (χ2n) is 4.55. The first kappa shape index (κ1) is 10.5. The lowest BCUT2D eigenvalue weighted by Gasteiger charge is -2.30. The van der Waals surface area contributed by atoms with Gasteiger partial charge in [-0.1, -0.05) is 0 Å². The van der Waals surface area contributed by atoms with E-state index in [1.54, 1.807) is 6.92 Å². The van der Waals surface area contributed by atoms with Gasteiger partial charge < -0.3 is 10.2 Å². The zero-order valence-electron chi connectivity index (χ0n) is 8.89. The van der Waals surface area contributed by atoms with Crippen molar-refractivity contribution in [3.8, 4) is 0 Å². The van der Waals surface area contributed by atoms with E-state index in [1.807, 2.05) is 0 Å². The van der Waals surface area contributed by atoms with Crippen molar-refractivity contribution < 1.29 is 4.79 Å². The molecule has 0 bridgehead atoms. The van der Waals surface area contributed by atoms with Crippen molar-refractivity contribution >= 4 is 5.91 Å². The number of rotatable bonds is 3. The van der Waals surface area contributed by atoms with E-state index in [2.05, 4.69) is 24.1 Å². The highest BCUT2D eigenvalue weighted by Gasteiger charge is 2.23. The summed E-state index contributed by atoms with van der Waals surface area (Å²) in [6.07, 6.45) is 2.60. The second kappa shape index (κ2) is 4.09. The van der Waals surface area contributed by atoms with Crippen LogP contribution in [-0.4, -0.2) is 36.0 Å². The third-order valence-corrected chi connectivity index (χ3v) is 2.33. The first-order chi connectivity index (χ1) is 5.99. The maximum atomic E-state index is 10.9. The molecule has 1 heterocycles. The summed E-state index contributed by atoms with van der Waals surface area (Å²) in [5.74, 6) is 0.0594. The van der Waals surface area contributed by atoms with Gasteiger partial charge in [0.25, 0.3) is 0 Å². The second-order valence-corrected chi connectivity index (χ2v) is 4.55. The minimum atomic E-state index is -0.0871. The number of nitrogens with zero attached hydrogens (tertiary/aromatic N) is 1. The zero-order valence-corrected chi connectivity index (χ0v) is 8.89. The summed E-state index contributed by atoms with van der Waals surface area (Å²) in [6, 6.07) is 0. The number of carbonyl (C=O) groups is 1. The molecule has 0 radical (unpaired) electrons. The summed E-state index contributed by atoms with van der Waals surface area (Å²) in [6.45, 7) is 9.06. The predicted octanol–water partition coefficient (Wildman–Crippen LogP) is 0.997. The van der Waals surface area contributed by atoms with E-state index in [0.29, 0.717) is 0 Å². The Morgan fingerprint density at radius 3 is 2.38 bits per heavy atom. The smallest absolute Gasteiger partial charge is 0.217 e. The largest absolute Gasteiger partial charge is 0.350 e. The van der Waals surface area contributed by atoms with Gasteiger partial charge in [0.1, 0.15) is 0 Å². The van der Waals surface area contributed by atoms with E-state index in [0.717, 1.165) is 6.54 Å². The summed E-state index contributed by atoms with van der Waals surface area (Å²) < 4.78 is 0. The summed E-state index contributed by atoms with van der Waals surface area (Å²) in [4.78, 5) is 13.3. The van der Waals surface area contributed by atoms with Crippen LogP contribution in [-0.2, 0) is 4.79 Å². The van der Waals surface area contributed by atoms with Crippen LogP contribution < -0.4 is 5.32 Å². The van der Waals surface area contributed by atoms with Crippen molar-refractivity contribution in [2.24, 2.45) is 0 Å². The fraction of sp³-hybridized carbons (Fsp3) is 0.900. The molecule has 0 saturated carbocycles. The van der Waals surface area contributed by atoms with Crippen molar-refractivity contribution in [1.29, 1.82) is 0 Å². The number of hydrogen-bond donors (Lipinski definition) is 1. The van der Waals surface area contributed by atoms with Crippen LogP contribution in [0.2, 0.25) is 0 Å². The number of amides is 1. The van der Waals surface area contributed by atoms with E-state index in [-0.39, 0.29) is 11.4 Å². The van der Waals surface area contributed by atoms with Gasteiger partial charge in [0, 0.05) is 19.0 Å². The van der Waals surface area contributed by atoms with Gasteiger partial charge in [0.05, 0.1) is 0 Å². The molecule has 1 saturated heterocycles. The molecule has 0 atom stereocenters. The number of likely N-dealkylation sites (tertiary alicyclic amines) is 1. The number of carbonyl (C=O) groups excluding carboxylic acids is 1. The Kier molecular flexibility index (Phi) is 3.31. The molecule has 1 amide bonds. The number of nitrogens with one attached hydrogen (secondary N) is 1. The maximum Gasteiger partial charge on any atom is 0.217 e. The van der Waals surface area contributed by atoms with Gasteiger partial charge in [-0.05, 0) is 39.8 Å². The third-order valence-electron chi connectivity index (χ3n) is 2.33. The molecular weight excluding hydrogens is 164 g/mol. The molecule has 0 aromatic rings. The average Bonchev–Trinajstić information content (AvgIpc) is 2.34.